The maximum atomic E-state index is 11.8. The molecule has 0 aliphatic carbocycles. The highest BCUT2D eigenvalue weighted by Gasteiger charge is 2.19. The molecule has 1 aromatic heterocycles. The van der Waals surface area contributed by atoms with Gasteiger partial charge in [-0.15, -0.1) is 0 Å². The van der Waals surface area contributed by atoms with Crippen molar-refractivity contribution in [3.8, 4) is 22.9 Å². The standard InChI is InChI=1S/C14H11N3O4/c1-7-3-13(18)10(5-12(7)17(20)21)9-4-8(2)16-14(19)11(9)6-15/h3-5,18H,1-2H3,(H,16,19). The molecular weight excluding hydrogens is 274 g/mol. The van der Waals surface area contributed by atoms with Crippen molar-refractivity contribution in [2.24, 2.45) is 0 Å². The van der Waals surface area contributed by atoms with Crippen LogP contribution in [-0.2, 0) is 0 Å². The summed E-state index contributed by atoms with van der Waals surface area (Å²) >= 11 is 0. The van der Waals surface area contributed by atoms with Crippen LogP contribution in [0.25, 0.3) is 11.1 Å². The molecule has 0 aliphatic heterocycles. The van der Waals surface area contributed by atoms with Crippen LogP contribution in [0, 0.1) is 35.3 Å². The number of pyridine rings is 1. The zero-order valence-electron chi connectivity index (χ0n) is 11.3. The number of aryl methyl sites for hydroxylation is 2. The summed E-state index contributed by atoms with van der Waals surface area (Å²) in [6.07, 6.45) is 0. The SMILES string of the molecule is Cc1cc(-c2cc([N+](=O)[O-])c(C)cc2O)c(C#N)c(=O)[nH]1. The lowest BCUT2D eigenvalue weighted by Crippen LogP contribution is -2.12. The van der Waals surface area contributed by atoms with Gasteiger partial charge in [0.25, 0.3) is 11.2 Å². The Morgan fingerprint density at radius 2 is 1.95 bits per heavy atom. The molecule has 21 heavy (non-hydrogen) atoms. The fourth-order valence-corrected chi connectivity index (χ4v) is 2.11. The van der Waals surface area contributed by atoms with Crippen LogP contribution in [0.15, 0.2) is 23.0 Å². The van der Waals surface area contributed by atoms with Crippen molar-refractivity contribution in [3.63, 3.8) is 0 Å². The highest BCUT2D eigenvalue weighted by molar-refractivity contribution is 5.78. The van der Waals surface area contributed by atoms with Crippen molar-refractivity contribution in [1.82, 2.24) is 4.98 Å². The summed E-state index contributed by atoms with van der Waals surface area (Å²) in [5.41, 5.74) is 0.0316. The number of phenolic OH excluding ortho intramolecular Hbond substituents is 1. The second-order valence-corrected chi connectivity index (χ2v) is 4.59. The average Bonchev–Trinajstić information content (AvgIpc) is 2.37. The molecule has 2 aromatic rings. The van der Waals surface area contributed by atoms with Crippen LogP contribution >= 0.6 is 0 Å². The van der Waals surface area contributed by atoms with E-state index in [-0.39, 0.29) is 28.1 Å². The molecular formula is C14H11N3O4. The van der Waals surface area contributed by atoms with Crippen LogP contribution in [0.5, 0.6) is 5.75 Å². The van der Waals surface area contributed by atoms with Crippen molar-refractivity contribution >= 4 is 5.69 Å². The van der Waals surface area contributed by atoms with E-state index in [0.717, 1.165) is 0 Å². The summed E-state index contributed by atoms with van der Waals surface area (Å²) in [4.78, 5) is 24.7. The van der Waals surface area contributed by atoms with Gasteiger partial charge < -0.3 is 10.1 Å². The molecule has 2 N–H and O–H groups in total. The van der Waals surface area contributed by atoms with Crippen molar-refractivity contribution in [2.75, 3.05) is 0 Å². The van der Waals surface area contributed by atoms with Gasteiger partial charge >= 0.3 is 0 Å². The lowest BCUT2D eigenvalue weighted by Gasteiger charge is -2.09. The van der Waals surface area contributed by atoms with E-state index in [9.17, 15) is 20.0 Å². The normalized spacial score (nSPS) is 10.1. The largest absolute Gasteiger partial charge is 0.507 e. The lowest BCUT2D eigenvalue weighted by molar-refractivity contribution is -0.385. The average molecular weight is 285 g/mol. The number of hydrogen-bond donors (Lipinski definition) is 2. The number of nitro groups is 1. The van der Waals surface area contributed by atoms with Gasteiger partial charge in [0, 0.05) is 28.5 Å². The fourth-order valence-electron chi connectivity index (χ4n) is 2.11. The fraction of sp³-hybridized carbons (Fsp3) is 0.143. The van der Waals surface area contributed by atoms with Gasteiger partial charge in [0.1, 0.15) is 17.4 Å². The van der Waals surface area contributed by atoms with Crippen LogP contribution in [0.2, 0.25) is 0 Å². The van der Waals surface area contributed by atoms with Crippen LogP contribution in [-0.4, -0.2) is 15.0 Å². The van der Waals surface area contributed by atoms with Crippen LogP contribution < -0.4 is 5.56 Å². The molecule has 7 heteroatoms. The molecule has 0 amide bonds. The molecule has 0 aliphatic rings. The van der Waals surface area contributed by atoms with Crippen molar-refractivity contribution < 1.29 is 10.0 Å². The van der Waals surface area contributed by atoms with Crippen LogP contribution in [0.1, 0.15) is 16.8 Å². The zero-order chi connectivity index (χ0) is 15.7. The first kappa shape index (κ1) is 14.3. The van der Waals surface area contributed by atoms with E-state index in [1.165, 1.54) is 25.1 Å². The summed E-state index contributed by atoms with van der Waals surface area (Å²) in [7, 11) is 0. The minimum Gasteiger partial charge on any atom is -0.507 e. The minimum absolute atomic E-state index is 0.0815. The van der Waals surface area contributed by atoms with Crippen molar-refractivity contribution in [2.45, 2.75) is 13.8 Å². The van der Waals surface area contributed by atoms with Crippen molar-refractivity contribution in [1.29, 1.82) is 5.26 Å². The van der Waals surface area contributed by atoms with Gasteiger partial charge in [0.05, 0.1) is 4.92 Å². The number of aromatic hydroxyl groups is 1. The number of rotatable bonds is 2. The van der Waals surface area contributed by atoms with E-state index in [1.54, 1.807) is 13.0 Å². The van der Waals surface area contributed by atoms with E-state index in [1.807, 2.05) is 0 Å². The number of aromatic nitrogens is 1. The van der Waals surface area contributed by atoms with Crippen LogP contribution in [0.4, 0.5) is 5.69 Å². The number of nitrogens with zero attached hydrogens (tertiary/aromatic N) is 2. The summed E-state index contributed by atoms with van der Waals surface area (Å²) < 4.78 is 0. The second-order valence-electron chi connectivity index (χ2n) is 4.59. The van der Waals surface area contributed by atoms with Gasteiger partial charge in [-0.3, -0.25) is 14.9 Å². The summed E-state index contributed by atoms with van der Waals surface area (Å²) in [5.74, 6) is -0.223. The molecule has 0 fully saturated rings. The molecule has 0 bridgehead atoms. The van der Waals surface area contributed by atoms with Gasteiger partial charge in [-0.2, -0.15) is 5.26 Å². The monoisotopic (exact) mass is 285 g/mol. The van der Waals surface area contributed by atoms with E-state index >= 15 is 0 Å². The zero-order valence-corrected chi connectivity index (χ0v) is 11.3. The third kappa shape index (κ3) is 2.47. The van der Waals surface area contributed by atoms with Crippen molar-refractivity contribution in [3.05, 3.63) is 55.5 Å². The molecule has 0 radical (unpaired) electrons. The lowest BCUT2D eigenvalue weighted by atomic mass is 9.98. The first-order valence-electron chi connectivity index (χ1n) is 5.97. The van der Waals surface area contributed by atoms with Gasteiger partial charge in [0.2, 0.25) is 0 Å². The topological polar surface area (TPSA) is 120 Å². The summed E-state index contributed by atoms with van der Waals surface area (Å²) in [6, 6.07) is 5.66. The smallest absolute Gasteiger partial charge is 0.273 e. The maximum absolute atomic E-state index is 11.8. The molecule has 0 spiro atoms. The Morgan fingerprint density at radius 3 is 2.52 bits per heavy atom. The number of phenols is 1. The van der Waals surface area contributed by atoms with Gasteiger partial charge in [-0.1, -0.05) is 0 Å². The summed E-state index contributed by atoms with van der Waals surface area (Å²) in [5, 5.41) is 30.1. The summed E-state index contributed by atoms with van der Waals surface area (Å²) in [6.45, 7) is 3.11. The van der Waals surface area contributed by atoms with Gasteiger partial charge in [-0.05, 0) is 26.0 Å². The maximum Gasteiger partial charge on any atom is 0.273 e. The number of H-pyrrole nitrogens is 1. The van der Waals surface area contributed by atoms with E-state index in [2.05, 4.69) is 4.98 Å². The van der Waals surface area contributed by atoms with E-state index in [4.69, 9.17) is 5.26 Å². The number of aromatic amines is 1. The van der Waals surface area contributed by atoms with Gasteiger partial charge in [-0.25, -0.2) is 0 Å². The Balaban J connectivity index is 2.85. The first-order valence-corrected chi connectivity index (χ1v) is 5.97. The molecule has 0 atom stereocenters. The number of nitro benzene ring substituents is 1. The Kier molecular flexibility index (Phi) is 3.46. The molecule has 7 nitrogen and oxygen atoms in total. The third-order valence-electron chi connectivity index (χ3n) is 3.08. The number of hydrogen-bond acceptors (Lipinski definition) is 5. The predicted molar refractivity (Wildman–Crippen MR) is 75.0 cm³/mol. The van der Waals surface area contributed by atoms with E-state index in [0.29, 0.717) is 11.3 Å². The molecule has 0 saturated carbocycles. The molecule has 0 unspecified atom stereocenters. The second kappa shape index (κ2) is 5.09. The molecule has 0 saturated heterocycles. The third-order valence-corrected chi connectivity index (χ3v) is 3.08. The van der Waals surface area contributed by atoms with Crippen LogP contribution in [0.3, 0.4) is 0 Å². The Bertz CT molecular complexity index is 847. The number of nitrogens with one attached hydrogen (secondary N) is 1. The number of benzene rings is 1. The van der Waals surface area contributed by atoms with E-state index < -0.39 is 10.5 Å². The quantitative estimate of drug-likeness (QED) is 0.647. The Morgan fingerprint density at radius 1 is 1.29 bits per heavy atom. The highest BCUT2D eigenvalue weighted by Crippen LogP contribution is 2.35. The molecule has 2 rings (SSSR count). The minimum atomic E-state index is -0.602. The predicted octanol–water partition coefficient (Wildman–Crippen LogP) is 2.14. The Hall–Kier alpha value is -3.14. The van der Waals surface area contributed by atoms with Gasteiger partial charge in [0.15, 0.2) is 0 Å². The highest BCUT2D eigenvalue weighted by atomic mass is 16.6. The number of nitriles is 1. The molecule has 1 aromatic carbocycles. The first-order chi connectivity index (χ1) is 9.85. The Labute approximate surface area is 119 Å². The molecule has 1 heterocycles. The molecule has 106 valence electrons.